The van der Waals surface area contributed by atoms with Gasteiger partial charge in [-0.3, -0.25) is 9.59 Å². The fraction of sp³-hybridized carbons (Fsp3) is 0.852. The molecule has 0 aromatic carbocycles. The maximum atomic E-state index is 12.3. The van der Waals surface area contributed by atoms with Crippen LogP contribution in [-0.4, -0.2) is 23.2 Å². The smallest absolute Gasteiger partial charge is 0.240 e. The standard InChI is InChI=1S/C27H40N4O2/c32-24(28-30-26-20-8-16-6-17(10-20)11-21(26)9-16)4-2-1-3-5-25(33)29-31-27-22-12-18-7-19(14-22)15-23(27)13-18/h16-23H,1-15H2,(H,28,32)(H,29,33). The van der Waals surface area contributed by atoms with Gasteiger partial charge in [0, 0.05) is 24.3 Å². The van der Waals surface area contributed by atoms with E-state index in [9.17, 15) is 9.59 Å². The quantitative estimate of drug-likeness (QED) is 0.410. The zero-order valence-electron chi connectivity index (χ0n) is 19.9. The monoisotopic (exact) mass is 452 g/mol. The molecule has 8 fully saturated rings. The maximum Gasteiger partial charge on any atom is 0.240 e. The van der Waals surface area contributed by atoms with Crippen LogP contribution in [0.1, 0.15) is 96.3 Å². The maximum absolute atomic E-state index is 12.3. The first-order valence-electron chi connectivity index (χ1n) is 13.8. The first-order chi connectivity index (χ1) is 16.1. The van der Waals surface area contributed by atoms with Gasteiger partial charge in [0.05, 0.1) is 0 Å². The van der Waals surface area contributed by atoms with Crippen LogP contribution in [0.2, 0.25) is 0 Å². The van der Waals surface area contributed by atoms with Gasteiger partial charge in [-0.15, -0.1) is 0 Å². The van der Waals surface area contributed by atoms with Gasteiger partial charge in [-0.05, 0) is 124 Å². The van der Waals surface area contributed by atoms with Crippen LogP contribution >= 0.6 is 0 Å². The summed E-state index contributed by atoms with van der Waals surface area (Å²) in [7, 11) is 0. The van der Waals surface area contributed by atoms with E-state index in [4.69, 9.17) is 0 Å². The van der Waals surface area contributed by atoms with Gasteiger partial charge >= 0.3 is 0 Å². The molecular weight excluding hydrogens is 412 g/mol. The molecular formula is C27H40N4O2. The normalized spacial score (nSPS) is 39.6. The minimum atomic E-state index is 0.0223. The Labute approximate surface area is 197 Å². The fourth-order valence-electron chi connectivity index (χ4n) is 8.81. The molecule has 8 aliphatic carbocycles. The van der Waals surface area contributed by atoms with Crippen LogP contribution in [0.5, 0.6) is 0 Å². The number of amides is 2. The zero-order chi connectivity index (χ0) is 22.4. The van der Waals surface area contributed by atoms with Crippen molar-refractivity contribution in [2.75, 3.05) is 0 Å². The number of hydrazone groups is 2. The lowest BCUT2D eigenvalue weighted by molar-refractivity contribution is -0.121. The summed E-state index contributed by atoms with van der Waals surface area (Å²) in [5, 5.41) is 9.18. The Kier molecular flexibility index (Phi) is 6.04. The highest BCUT2D eigenvalue weighted by Crippen LogP contribution is 2.53. The van der Waals surface area contributed by atoms with Crippen molar-refractivity contribution in [3.8, 4) is 0 Å². The summed E-state index contributed by atoms with van der Waals surface area (Å²) < 4.78 is 0. The number of rotatable bonds is 8. The predicted molar refractivity (Wildman–Crippen MR) is 128 cm³/mol. The Morgan fingerprint density at radius 3 is 1.21 bits per heavy atom. The Bertz CT molecular complexity index is 719. The Morgan fingerprint density at radius 2 is 0.879 bits per heavy atom. The van der Waals surface area contributed by atoms with Crippen molar-refractivity contribution in [1.29, 1.82) is 0 Å². The molecule has 8 rings (SSSR count). The summed E-state index contributed by atoms with van der Waals surface area (Å²) in [6.45, 7) is 0. The average Bonchev–Trinajstić information content (AvgIpc) is 2.77. The molecule has 0 aromatic heterocycles. The second kappa shape index (κ2) is 9.14. The van der Waals surface area contributed by atoms with Gasteiger partial charge in [-0.2, -0.15) is 10.2 Å². The molecule has 0 aromatic rings. The zero-order valence-corrected chi connectivity index (χ0v) is 19.9. The first kappa shape index (κ1) is 21.8. The van der Waals surface area contributed by atoms with Crippen molar-refractivity contribution in [2.45, 2.75) is 96.3 Å². The van der Waals surface area contributed by atoms with E-state index in [0.29, 0.717) is 36.5 Å². The highest BCUT2D eigenvalue weighted by atomic mass is 16.2. The van der Waals surface area contributed by atoms with Gasteiger partial charge < -0.3 is 0 Å². The lowest BCUT2D eigenvalue weighted by atomic mass is 9.55. The van der Waals surface area contributed by atoms with E-state index in [2.05, 4.69) is 21.1 Å². The van der Waals surface area contributed by atoms with E-state index in [1.54, 1.807) is 0 Å². The molecule has 0 unspecified atom stereocenters. The molecule has 0 heterocycles. The molecule has 8 bridgehead atoms. The summed E-state index contributed by atoms with van der Waals surface area (Å²) in [6, 6.07) is 0. The van der Waals surface area contributed by atoms with E-state index in [1.807, 2.05) is 0 Å². The van der Waals surface area contributed by atoms with Crippen LogP contribution in [-0.2, 0) is 9.59 Å². The summed E-state index contributed by atoms with van der Waals surface area (Å²) in [5.74, 6) is 6.22. The number of unbranched alkanes of at least 4 members (excludes halogenated alkanes) is 2. The molecule has 8 saturated carbocycles. The van der Waals surface area contributed by atoms with E-state index in [1.165, 1.54) is 75.6 Å². The molecule has 0 saturated heterocycles. The third-order valence-corrected chi connectivity index (χ3v) is 9.88. The van der Waals surface area contributed by atoms with Crippen molar-refractivity contribution in [3.63, 3.8) is 0 Å². The van der Waals surface area contributed by atoms with Crippen LogP contribution < -0.4 is 10.9 Å². The SMILES string of the molecule is O=C(CCCCCC(=O)NN=C1C2CC3CC(C2)CC1C3)NN=C1C2CC3CC(C2)CC1C3. The van der Waals surface area contributed by atoms with Crippen LogP contribution in [0, 0.1) is 47.3 Å². The molecule has 2 amide bonds. The number of carbonyl (C=O) groups excluding carboxylic acids is 2. The van der Waals surface area contributed by atoms with Crippen molar-refractivity contribution in [1.82, 2.24) is 10.9 Å². The molecule has 6 nitrogen and oxygen atoms in total. The second-order valence-electron chi connectivity index (χ2n) is 12.3. The fourth-order valence-corrected chi connectivity index (χ4v) is 8.81. The van der Waals surface area contributed by atoms with Gasteiger partial charge in [-0.1, -0.05) is 6.42 Å². The van der Waals surface area contributed by atoms with Crippen LogP contribution in [0.3, 0.4) is 0 Å². The average molecular weight is 453 g/mol. The van der Waals surface area contributed by atoms with Gasteiger partial charge in [0.25, 0.3) is 0 Å². The molecule has 2 N–H and O–H groups in total. The molecule has 8 aliphatic rings. The number of hydrogen-bond acceptors (Lipinski definition) is 4. The third-order valence-electron chi connectivity index (χ3n) is 9.88. The summed E-state index contributed by atoms with van der Waals surface area (Å²) in [6.07, 6.45) is 16.7. The van der Waals surface area contributed by atoms with Gasteiger partial charge in [0.2, 0.25) is 11.8 Å². The minimum absolute atomic E-state index is 0.0223. The Balaban J connectivity index is 0.871. The molecule has 0 aliphatic heterocycles. The van der Waals surface area contributed by atoms with Crippen molar-refractivity contribution >= 4 is 23.2 Å². The molecule has 0 atom stereocenters. The van der Waals surface area contributed by atoms with Gasteiger partial charge in [-0.25, -0.2) is 10.9 Å². The van der Waals surface area contributed by atoms with E-state index >= 15 is 0 Å². The molecule has 0 spiro atoms. The van der Waals surface area contributed by atoms with Gasteiger partial charge in [0.15, 0.2) is 0 Å². The first-order valence-corrected chi connectivity index (χ1v) is 13.8. The number of nitrogens with one attached hydrogen (secondary N) is 2. The van der Waals surface area contributed by atoms with Crippen LogP contribution in [0.4, 0.5) is 0 Å². The van der Waals surface area contributed by atoms with Crippen molar-refractivity contribution in [3.05, 3.63) is 0 Å². The highest BCUT2D eigenvalue weighted by molar-refractivity contribution is 5.92. The molecule has 33 heavy (non-hydrogen) atoms. The predicted octanol–water partition coefficient (Wildman–Crippen LogP) is 4.79. The van der Waals surface area contributed by atoms with Crippen LogP contribution in [0.15, 0.2) is 10.2 Å². The van der Waals surface area contributed by atoms with Gasteiger partial charge in [0.1, 0.15) is 0 Å². The van der Waals surface area contributed by atoms with Crippen LogP contribution in [0.25, 0.3) is 0 Å². The number of hydrogen-bond donors (Lipinski definition) is 2. The van der Waals surface area contributed by atoms with E-state index in [0.717, 1.165) is 42.9 Å². The van der Waals surface area contributed by atoms with Crippen molar-refractivity contribution < 1.29 is 9.59 Å². The lowest BCUT2D eigenvalue weighted by Crippen LogP contribution is -2.46. The molecule has 6 heteroatoms. The van der Waals surface area contributed by atoms with Crippen molar-refractivity contribution in [2.24, 2.45) is 57.5 Å². The number of carbonyl (C=O) groups is 2. The third kappa shape index (κ3) is 4.64. The number of nitrogens with zero attached hydrogens (tertiary/aromatic N) is 2. The topological polar surface area (TPSA) is 82.9 Å². The van der Waals surface area contributed by atoms with E-state index in [-0.39, 0.29) is 11.8 Å². The molecule has 180 valence electrons. The summed E-state index contributed by atoms with van der Waals surface area (Å²) in [5.41, 5.74) is 8.26. The van der Waals surface area contributed by atoms with E-state index < -0.39 is 0 Å². The second-order valence-corrected chi connectivity index (χ2v) is 12.3. The Hall–Kier alpha value is -1.72. The summed E-state index contributed by atoms with van der Waals surface area (Å²) >= 11 is 0. The minimum Gasteiger partial charge on any atom is -0.273 e. The largest absolute Gasteiger partial charge is 0.273 e. The summed E-state index contributed by atoms with van der Waals surface area (Å²) in [4.78, 5) is 24.5. The lowest BCUT2D eigenvalue weighted by Gasteiger charge is -2.50. The highest BCUT2D eigenvalue weighted by Gasteiger charge is 2.47. The Morgan fingerprint density at radius 1 is 0.545 bits per heavy atom. The molecule has 0 radical (unpaired) electrons.